The molecule has 0 aliphatic rings. The number of halogens is 1. The predicted molar refractivity (Wildman–Crippen MR) is 108 cm³/mol. The molecule has 0 aromatic heterocycles. The lowest BCUT2D eigenvalue weighted by Gasteiger charge is -2.14. The van der Waals surface area contributed by atoms with Gasteiger partial charge in [0, 0.05) is 15.7 Å². The van der Waals surface area contributed by atoms with Crippen LogP contribution in [0.4, 0.5) is 5.69 Å². The summed E-state index contributed by atoms with van der Waals surface area (Å²) >= 11 is 3.31. The van der Waals surface area contributed by atoms with E-state index in [1.54, 1.807) is 48.5 Å². The molecule has 2 rings (SSSR count). The normalized spacial score (nSPS) is 11.2. The Bertz CT molecular complexity index is 821. The summed E-state index contributed by atoms with van der Waals surface area (Å²) in [6.45, 7) is 3.51. The SMILES string of the molecule is CCOc1ccc(C(=O)NCC(=O)OC(C)C(=O)Nc2ccc(Br)cc2)cc1. The fraction of sp³-hybridized carbons (Fsp3) is 0.250. The first-order valence-electron chi connectivity index (χ1n) is 8.66. The molecular weight excluding hydrogens is 428 g/mol. The Morgan fingerprint density at radius 3 is 2.29 bits per heavy atom. The molecule has 2 aromatic rings. The number of hydrogen-bond donors (Lipinski definition) is 2. The van der Waals surface area contributed by atoms with Crippen LogP contribution in [0.5, 0.6) is 5.75 Å². The maximum absolute atomic E-state index is 12.1. The molecule has 0 heterocycles. The standard InChI is InChI=1S/C20H21BrN2O5/c1-3-27-17-10-4-14(5-11-17)20(26)22-12-18(24)28-13(2)19(25)23-16-8-6-15(21)7-9-16/h4-11,13H,3,12H2,1-2H3,(H,22,26)(H,23,25). The summed E-state index contributed by atoms with van der Waals surface area (Å²) in [7, 11) is 0. The number of esters is 1. The van der Waals surface area contributed by atoms with E-state index in [2.05, 4.69) is 26.6 Å². The highest BCUT2D eigenvalue weighted by atomic mass is 79.9. The monoisotopic (exact) mass is 448 g/mol. The fourth-order valence-electron chi connectivity index (χ4n) is 2.19. The van der Waals surface area contributed by atoms with Gasteiger partial charge in [-0.15, -0.1) is 0 Å². The number of amides is 2. The third-order valence-electron chi connectivity index (χ3n) is 3.61. The molecular formula is C20H21BrN2O5. The Morgan fingerprint density at radius 1 is 1.04 bits per heavy atom. The maximum atomic E-state index is 12.1. The largest absolute Gasteiger partial charge is 0.494 e. The highest BCUT2D eigenvalue weighted by Crippen LogP contribution is 2.14. The Labute approximate surface area is 171 Å². The summed E-state index contributed by atoms with van der Waals surface area (Å²) in [4.78, 5) is 36.0. The van der Waals surface area contributed by atoms with Gasteiger partial charge in [-0.3, -0.25) is 14.4 Å². The lowest BCUT2D eigenvalue weighted by molar-refractivity contribution is -0.152. The second kappa shape index (κ2) is 10.5. The second-order valence-electron chi connectivity index (χ2n) is 5.77. The molecule has 1 unspecified atom stereocenters. The molecule has 0 aliphatic carbocycles. The number of carbonyl (C=O) groups excluding carboxylic acids is 3. The minimum atomic E-state index is -1.00. The van der Waals surface area contributed by atoms with Crippen molar-refractivity contribution in [1.29, 1.82) is 0 Å². The molecule has 1 atom stereocenters. The lowest BCUT2D eigenvalue weighted by atomic mass is 10.2. The van der Waals surface area contributed by atoms with Gasteiger partial charge in [-0.25, -0.2) is 0 Å². The highest BCUT2D eigenvalue weighted by molar-refractivity contribution is 9.10. The molecule has 2 aromatic carbocycles. The topological polar surface area (TPSA) is 93.7 Å². The van der Waals surface area contributed by atoms with Crippen LogP contribution in [-0.2, 0) is 14.3 Å². The van der Waals surface area contributed by atoms with Crippen LogP contribution in [0.15, 0.2) is 53.0 Å². The summed E-state index contributed by atoms with van der Waals surface area (Å²) in [5, 5.41) is 5.10. The molecule has 0 radical (unpaired) electrons. The van der Waals surface area contributed by atoms with Gasteiger partial charge >= 0.3 is 5.97 Å². The lowest BCUT2D eigenvalue weighted by Crippen LogP contribution is -2.35. The number of hydrogen-bond acceptors (Lipinski definition) is 5. The van der Waals surface area contributed by atoms with E-state index in [9.17, 15) is 14.4 Å². The van der Waals surface area contributed by atoms with E-state index in [0.29, 0.717) is 23.6 Å². The predicted octanol–water partition coefficient (Wildman–Crippen LogP) is 3.15. The fourth-order valence-corrected chi connectivity index (χ4v) is 2.46. The van der Waals surface area contributed by atoms with Crippen LogP contribution >= 0.6 is 15.9 Å². The van der Waals surface area contributed by atoms with Crippen LogP contribution < -0.4 is 15.4 Å². The second-order valence-corrected chi connectivity index (χ2v) is 6.68. The van der Waals surface area contributed by atoms with Gasteiger partial charge in [0.25, 0.3) is 11.8 Å². The third-order valence-corrected chi connectivity index (χ3v) is 4.14. The minimum Gasteiger partial charge on any atom is -0.494 e. The van der Waals surface area contributed by atoms with E-state index in [0.717, 1.165) is 4.47 Å². The zero-order chi connectivity index (χ0) is 20.5. The molecule has 28 heavy (non-hydrogen) atoms. The zero-order valence-electron chi connectivity index (χ0n) is 15.5. The number of nitrogens with one attached hydrogen (secondary N) is 2. The van der Waals surface area contributed by atoms with Gasteiger partial charge in [0.15, 0.2) is 6.10 Å². The molecule has 148 valence electrons. The van der Waals surface area contributed by atoms with Crippen molar-refractivity contribution in [3.05, 3.63) is 58.6 Å². The smallest absolute Gasteiger partial charge is 0.326 e. The van der Waals surface area contributed by atoms with E-state index in [1.165, 1.54) is 6.92 Å². The van der Waals surface area contributed by atoms with Crippen LogP contribution in [0, 0.1) is 0 Å². The van der Waals surface area contributed by atoms with Crippen molar-refractivity contribution < 1.29 is 23.9 Å². The van der Waals surface area contributed by atoms with E-state index in [4.69, 9.17) is 9.47 Å². The Balaban J connectivity index is 1.78. The molecule has 0 bridgehead atoms. The summed E-state index contributed by atoms with van der Waals surface area (Å²) in [5.41, 5.74) is 0.970. The van der Waals surface area contributed by atoms with Crippen molar-refractivity contribution in [3.8, 4) is 5.75 Å². The summed E-state index contributed by atoms with van der Waals surface area (Å²) in [5.74, 6) is -0.942. The van der Waals surface area contributed by atoms with Gasteiger partial charge in [0.2, 0.25) is 0 Å². The number of anilines is 1. The summed E-state index contributed by atoms with van der Waals surface area (Å²) < 4.78 is 11.2. The zero-order valence-corrected chi connectivity index (χ0v) is 17.1. The average Bonchev–Trinajstić information content (AvgIpc) is 2.68. The van der Waals surface area contributed by atoms with Gasteiger partial charge in [0.05, 0.1) is 6.61 Å². The van der Waals surface area contributed by atoms with Crippen molar-refractivity contribution in [3.63, 3.8) is 0 Å². The molecule has 0 spiro atoms. The summed E-state index contributed by atoms with van der Waals surface area (Å²) in [6, 6.07) is 13.5. The van der Waals surface area contributed by atoms with E-state index in [1.807, 2.05) is 6.92 Å². The van der Waals surface area contributed by atoms with Crippen LogP contribution in [0.3, 0.4) is 0 Å². The Morgan fingerprint density at radius 2 is 1.68 bits per heavy atom. The first-order valence-corrected chi connectivity index (χ1v) is 9.45. The van der Waals surface area contributed by atoms with Gasteiger partial charge in [0.1, 0.15) is 12.3 Å². The Kier molecular flexibility index (Phi) is 8.01. The average molecular weight is 449 g/mol. The van der Waals surface area contributed by atoms with Crippen molar-refractivity contribution in [1.82, 2.24) is 5.32 Å². The van der Waals surface area contributed by atoms with Gasteiger partial charge in [-0.2, -0.15) is 0 Å². The van der Waals surface area contributed by atoms with Gasteiger partial charge in [-0.1, -0.05) is 15.9 Å². The van der Waals surface area contributed by atoms with E-state index < -0.39 is 23.9 Å². The molecule has 0 saturated heterocycles. The molecule has 0 fully saturated rings. The van der Waals surface area contributed by atoms with Crippen molar-refractivity contribution in [2.75, 3.05) is 18.5 Å². The molecule has 2 N–H and O–H groups in total. The van der Waals surface area contributed by atoms with Crippen molar-refractivity contribution >= 4 is 39.4 Å². The van der Waals surface area contributed by atoms with Crippen LogP contribution in [0.25, 0.3) is 0 Å². The van der Waals surface area contributed by atoms with Crippen molar-refractivity contribution in [2.24, 2.45) is 0 Å². The first-order chi connectivity index (χ1) is 13.4. The Hall–Kier alpha value is -2.87. The van der Waals surface area contributed by atoms with Crippen LogP contribution in [0.1, 0.15) is 24.2 Å². The molecule has 7 nitrogen and oxygen atoms in total. The number of rotatable bonds is 8. The maximum Gasteiger partial charge on any atom is 0.326 e. The van der Waals surface area contributed by atoms with Crippen LogP contribution in [0.2, 0.25) is 0 Å². The molecule has 8 heteroatoms. The number of ether oxygens (including phenoxy) is 2. The quantitative estimate of drug-likeness (QED) is 0.604. The molecule has 2 amide bonds. The summed E-state index contributed by atoms with van der Waals surface area (Å²) in [6.07, 6.45) is -1.00. The van der Waals surface area contributed by atoms with Crippen molar-refractivity contribution in [2.45, 2.75) is 20.0 Å². The van der Waals surface area contributed by atoms with E-state index >= 15 is 0 Å². The number of carbonyl (C=O) groups is 3. The van der Waals surface area contributed by atoms with Gasteiger partial charge in [-0.05, 0) is 62.4 Å². The minimum absolute atomic E-state index is 0.345. The molecule has 0 saturated carbocycles. The molecule has 0 aliphatic heterocycles. The first kappa shape index (κ1) is 21.4. The van der Waals surface area contributed by atoms with Gasteiger partial charge < -0.3 is 20.1 Å². The highest BCUT2D eigenvalue weighted by Gasteiger charge is 2.18. The van der Waals surface area contributed by atoms with E-state index in [-0.39, 0.29) is 6.54 Å². The van der Waals surface area contributed by atoms with Crippen LogP contribution in [-0.4, -0.2) is 37.0 Å². The third kappa shape index (κ3) is 6.70. The number of benzene rings is 2.